The molecule has 2 atom stereocenters. The van der Waals surface area contributed by atoms with Crippen molar-refractivity contribution in [1.82, 2.24) is 30.0 Å². The first kappa shape index (κ1) is 19.7. The summed E-state index contributed by atoms with van der Waals surface area (Å²) in [6, 6.07) is 10.0. The number of amides is 1. The number of likely N-dealkylation sites (N-methyl/N-ethyl adjacent to an activating group) is 1. The molecule has 5 rings (SSSR count). The molecule has 1 unspecified atom stereocenters. The topological polar surface area (TPSA) is 102 Å². The lowest BCUT2D eigenvalue weighted by Gasteiger charge is -2.16. The number of carbonyl (C=O) groups is 1. The predicted octanol–water partition coefficient (Wildman–Crippen LogP) is 2.80. The van der Waals surface area contributed by atoms with Gasteiger partial charge in [-0.15, -0.1) is 11.3 Å². The fourth-order valence-corrected chi connectivity index (χ4v) is 4.89. The number of benzene rings is 1. The van der Waals surface area contributed by atoms with E-state index in [-0.39, 0.29) is 18.0 Å². The second kappa shape index (κ2) is 7.75. The molecule has 1 fully saturated rings. The number of nitrogens with one attached hydrogen (secondary N) is 1. The molecule has 1 saturated heterocycles. The minimum Gasteiger partial charge on any atom is -0.383 e. The number of carbonyl (C=O) groups excluding carboxylic acids is 1. The van der Waals surface area contributed by atoms with E-state index in [1.807, 2.05) is 41.3 Å². The third-order valence-electron chi connectivity index (χ3n) is 5.60. The van der Waals surface area contributed by atoms with Crippen LogP contribution >= 0.6 is 11.3 Å². The monoisotopic (exact) mass is 433 g/mol. The molecule has 0 spiro atoms. The van der Waals surface area contributed by atoms with Crippen molar-refractivity contribution in [2.24, 2.45) is 0 Å². The highest BCUT2D eigenvalue weighted by molar-refractivity contribution is 7.21. The number of para-hydroxylation sites is 1. The number of nitrogens with zero attached hydrogens (tertiary/aromatic N) is 5. The average Bonchev–Trinajstić information content (AvgIpc) is 3.51. The molecule has 1 aliphatic rings. The van der Waals surface area contributed by atoms with Crippen LogP contribution < -0.4 is 11.1 Å². The van der Waals surface area contributed by atoms with E-state index in [9.17, 15) is 4.79 Å². The second-order valence-electron chi connectivity index (χ2n) is 7.94. The maximum Gasteiger partial charge on any atom is 0.239 e. The van der Waals surface area contributed by atoms with Crippen molar-refractivity contribution in [3.8, 4) is 21.7 Å². The first-order valence-electron chi connectivity index (χ1n) is 10.1. The summed E-state index contributed by atoms with van der Waals surface area (Å²) in [4.78, 5) is 23.0. The summed E-state index contributed by atoms with van der Waals surface area (Å²) in [6.45, 7) is 0.711. The third-order valence-corrected chi connectivity index (χ3v) is 6.67. The highest BCUT2D eigenvalue weighted by Crippen LogP contribution is 2.35. The van der Waals surface area contributed by atoms with Crippen LogP contribution in [-0.2, 0) is 4.79 Å². The van der Waals surface area contributed by atoms with Gasteiger partial charge in [-0.2, -0.15) is 5.10 Å². The number of pyridine rings is 1. The van der Waals surface area contributed by atoms with Gasteiger partial charge >= 0.3 is 0 Å². The van der Waals surface area contributed by atoms with E-state index >= 15 is 0 Å². The number of hydrogen-bond donors (Lipinski definition) is 2. The molecule has 8 nitrogen and oxygen atoms in total. The first-order chi connectivity index (χ1) is 15.0. The molecule has 3 aromatic heterocycles. The van der Waals surface area contributed by atoms with E-state index in [2.05, 4.69) is 21.5 Å². The molecule has 0 bridgehead atoms. The summed E-state index contributed by atoms with van der Waals surface area (Å²) >= 11 is 1.60. The summed E-state index contributed by atoms with van der Waals surface area (Å²) in [5.41, 5.74) is 9.85. The van der Waals surface area contributed by atoms with Gasteiger partial charge < -0.3 is 16.0 Å². The number of nitrogen functional groups attached to an aromatic ring is 1. The molecule has 4 aromatic rings. The Kier molecular flexibility index (Phi) is 4.91. The fraction of sp³-hybridized carbons (Fsp3) is 0.273. The summed E-state index contributed by atoms with van der Waals surface area (Å²) in [5, 5.41) is 8.70. The Morgan fingerprint density at radius 2 is 2.10 bits per heavy atom. The molecule has 0 aliphatic carbocycles. The number of nitrogens with two attached hydrogens (primary N) is 1. The Bertz CT molecular complexity index is 1230. The quantitative estimate of drug-likeness (QED) is 0.513. The van der Waals surface area contributed by atoms with Crippen LogP contribution in [0.1, 0.15) is 12.5 Å². The number of anilines is 1. The molecule has 158 valence electrons. The first-order valence-corrected chi connectivity index (χ1v) is 10.9. The van der Waals surface area contributed by atoms with E-state index in [4.69, 9.17) is 10.7 Å². The van der Waals surface area contributed by atoms with Gasteiger partial charge in [0.05, 0.1) is 34.1 Å². The van der Waals surface area contributed by atoms with Crippen LogP contribution in [0.2, 0.25) is 0 Å². The highest BCUT2D eigenvalue weighted by atomic mass is 32.1. The minimum absolute atomic E-state index is 0.0955. The molecule has 31 heavy (non-hydrogen) atoms. The molecule has 1 aromatic carbocycles. The van der Waals surface area contributed by atoms with Crippen LogP contribution in [0.3, 0.4) is 0 Å². The van der Waals surface area contributed by atoms with Gasteiger partial charge in [-0.05, 0) is 24.6 Å². The smallest absolute Gasteiger partial charge is 0.239 e. The Morgan fingerprint density at radius 3 is 2.90 bits per heavy atom. The highest BCUT2D eigenvalue weighted by Gasteiger charge is 2.31. The largest absolute Gasteiger partial charge is 0.383 e. The molecule has 0 radical (unpaired) electrons. The Balaban J connectivity index is 1.41. The second-order valence-corrected chi connectivity index (χ2v) is 8.97. The van der Waals surface area contributed by atoms with Crippen molar-refractivity contribution in [1.29, 1.82) is 0 Å². The molecule has 0 saturated carbocycles. The van der Waals surface area contributed by atoms with Crippen LogP contribution in [-0.4, -0.2) is 57.2 Å². The Labute approximate surface area is 183 Å². The molecule has 3 N–H and O–H groups in total. The number of rotatable bonds is 4. The summed E-state index contributed by atoms with van der Waals surface area (Å²) in [6.07, 6.45) is 6.31. The van der Waals surface area contributed by atoms with Crippen molar-refractivity contribution in [3.63, 3.8) is 0 Å². The van der Waals surface area contributed by atoms with E-state index in [1.54, 1.807) is 36.5 Å². The third kappa shape index (κ3) is 3.66. The minimum atomic E-state index is -0.170. The van der Waals surface area contributed by atoms with Crippen molar-refractivity contribution in [2.75, 3.05) is 26.4 Å². The Morgan fingerprint density at radius 1 is 1.26 bits per heavy atom. The van der Waals surface area contributed by atoms with E-state index < -0.39 is 0 Å². The van der Waals surface area contributed by atoms with Crippen molar-refractivity contribution >= 4 is 33.3 Å². The van der Waals surface area contributed by atoms with E-state index in [0.29, 0.717) is 12.4 Å². The normalized spacial score (nSPS) is 18.5. The standard InChI is InChI=1S/C22H23N7OS/c1-28(2)22(30)18-8-15(11-24-18)29-12-14(10-26-29)13-7-16(20(23)25-9-13)21-27-17-5-3-4-6-19(17)31-21/h3-7,9-10,12,15,18,24H,8,11H2,1-2H3,(H2,23,25)/t15-,18?/m0/s1. The average molecular weight is 434 g/mol. The zero-order valence-electron chi connectivity index (χ0n) is 17.3. The van der Waals surface area contributed by atoms with Crippen LogP contribution in [0.25, 0.3) is 31.9 Å². The van der Waals surface area contributed by atoms with Gasteiger partial charge in [0.15, 0.2) is 0 Å². The van der Waals surface area contributed by atoms with Gasteiger partial charge in [-0.25, -0.2) is 9.97 Å². The van der Waals surface area contributed by atoms with Crippen LogP contribution in [0.5, 0.6) is 0 Å². The summed E-state index contributed by atoms with van der Waals surface area (Å²) in [5.74, 6) is 0.554. The van der Waals surface area contributed by atoms with Crippen molar-refractivity contribution in [2.45, 2.75) is 18.5 Å². The molecule has 4 heterocycles. The van der Waals surface area contributed by atoms with E-state index in [1.165, 1.54) is 0 Å². The number of hydrogen-bond acceptors (Lipinski definition) is 7. The SMILES string of the molecule is CN(C)C(=O)C1C[C@H](n2cc(-c3cnc(N)c(-c4nc5ccccc5s4)c3)cn2)CN1. The van der Waals surface area contributed by atoms with Crippen molar-refractivity contribution in [3.05, 3.63) is 48.9 Å². The lowest BCUT2D eigenvalue weighted by Crippen LogP contribution is -2.39. The van der Waals surface area contributed by atoms with Gasteiger partial charge in [0.25, 0.3) is 0 Å². The number of thiazole rings is 1. The van der Waals surface area contributed by atoms with Crippen LogP contribution in [0.15, 0.2) is 48.9 Å². The molecule has 1 aliphatic heterocycles. The van der Waals surface area contributed by atoms with Gasteiger partial charge in [-0.3, -0.25) is 9.48 Å². The number of fused-ring (bicyclic) bond motifs is 1. The molecular weight excluding hydrogens is 410 g/mol. The van der Waals surface area contributed by atoms with E-state index in [0.717, 1.165) is 38.3 Å². The predicted molar refractivity (Wildman–Crippen MR) is 123 cm³/mol. The molecular formula is C22H23N7OS. The van der Waals surface area contributed by atoms with Crippen LogP contribution in [0, 0.1) is 0 Å². The maximum atomic E-state index is 12.2. The van der Waals surface area contributed by atoms with Crippen molar-refractivity contribution < 1.29 is 4.79 Å². The van der Waals surface area contributed by atoms with Crippen LogP contribution in [0.4, 0.5) is 5.82 Å². The van der Waals surface area contributed by atoms with Gasteiger partial charge in [-0.1, -0.05) is 12.1 Å². The number of aromatic nitrogens is 4. The zero-order chi connectivity index (χ0) is 21.5. The lowest BCUT2D eigenvalue weighted by atomic mass is 10.1. The Hall–Kier alpha value is -3.30. The van der Waals surface area contributed by atoms with Gasteiger partial charge in [0.1, 0.15) is 10.8 Å². The lowest BCUT2D eigenvalue weighted by molar-refractivity contribution is -0.130. The molecule has 9 heteroatoms. The van der Waals surface area contributed by atoms with Gasteiger partial charge in [0.2, 0.25) is 5.91 Å². The fourth-order valence-electron chi connectivity index (χ4n) is 3.90. The summed E-state index contributed by atoms with van der Waals surface area (Å²) < 4.78 is 3.05. The van der Waals surface area contributed by atoms with Gasteiger partial charge in [0, 0.05) is 44.2 Å². The maximum absolute atomic E-state index is 12.2. The molecule has 1 amide bonds. The summed E-state index contributed by atoms with van der Waals surface area (Å²) in [7, 11) is 3.56. The zero-order valence-corrected chi connectivity index (χ0v) is 18.1.